The normalized spacial score (nSPS) is 14.2. The Morgan fingerprint density at radius 1 is 1.44 bits per heavy atom. The van der Waals surface area contributed by atoms with Crippen LogP contribution in [0.2, 0.25) is 0 Å². The standard InChI is InChI=1S/C12H17NO3/c1-3-16-10-6-4-9(5-7-10)8-12(2,13)11(14)15/h4-7H,3,8,13H2,1-2H3,(H,14,15). The van der Waals surface area contributed by atoms with Crippen LogP contribution in [0.15, 0.2) is 24.3 Å². The molecule has 16 heavy (non-hydrogen) atoms. The molecule has 0 radical (unpaired) electrons. The van der Waals surface area contributed by atoms with Crippen LogP contribution in [-0.2, 0) is 11.2 Å². The van der Waals surface area contributed by atoms with Crippen LogP contribution in [-0.4, -0.2) is 23.2 Å². The molecule has 0 saturated heterocycles. The van der Waals surface area contributed by atoms with Gasteiger partial charge in [0.2, 0.25) is 0 Å². The lowest BCUT2D eigenvalue weighted by Crippen LogP contribution is -2.46. The molecule has 0 heterocycles. The highest BCUT2D eigenvalue weighted by Gasteiger charge is 2.27. The van der Waals surface area contributed by atoms with Crippen LogP contribution in [0.3, 0.4) is 0 Å². The molecule has 0 bridgehead atoms. The van der Waals surface area contributed by atoms with E-state index < -0.39 is 11.5 Å². The second kappa shape index (κ2) is 4.99. The van der Waals surface area contributed by atoms with E-state index in [2.05, 4.69) is 0 Å². The number of ether oxygens (including phenoxy) is 1. The van der Waals surface area contributed by atoms with Gasteiger partial charge in [-0.3, -0.25) is 4.79 Å². The van der Waals surface area contributed by atoms with Crippen molar-refractivity contribution in [3.63, 3.8) is 0 Å². The van der Waals surface area contributed by atoms with Gasteiger partial charge in [0.25, 0.3) is 0 Å². The fourth-order valence-corrected chi connectivity index (χ4v) is 1.37. The molecule has 0 aliphatic carbocycles. The Balaban J connectivity index is 2.72. The number of rotatable bonds is 5. The zero-order valence-electron chi connectivity index (χ0n) is 9.56. The molecule has 1 aromatic rings. The summed E-state index contributed by atoms with van der Waals surface area (Å²) in [6.07, 6.45) is 0.300. The maximum atomic E-state index is 10.8. The highest BCUT2D eigenvalue weighted by atomic mass is 16.5. The predicted octanol–water partition coefficient (Wildman–Crippen LogP) is 1.43. The Labute approximate surface area is 95.0 Å². The first-order valence-electron chi connectivity index (χ1n) is 5.19. The number of hydrogen-bond donors (Lipinski definition) is 2. The minimum absolute atomic E-state index is 0.300. The van der Waals surface area contributed by atoms with Gasteiger partial charge in [-0.2, -0.15) is 0 Å². The van der Waals surface area contributed by atoms with E-state index >= 15 is 0 Å². The van der Waals surface area contributed by atoms with E-state index in [1.165, 1.54) is 6.92 Å². The summed E-state index contributed by atoms with van der Waals surface area (Å²) in [6.45, 7) is 4.03. The molecule has 4 heteroatoms. The Bertz CT molecular complexity index is 357. The van der Waals surface area contributed by atoms with Gasteiger partial charge in [-0.15, -0.1) is 0 Å². The fourth-order valence-electron chi connectivity index (χ4n) is 1.37. The molecule has 1 aromatic carbocycles. The first kappa shape index (κ1) is 12.5. The maximum absolute atomic E-state index is 10.8. The summed E-state index contributed by atoms with van der Waals surface area (Å²) in [5.41, 5.74) is 5.31. The third-order valence-electron chi connectivity index (χ3n) is 2.29. The van der Waals surface area contributed by atoms with Gasteiger partial charge in [-0.05, 0) is 31.5 Å². The molecule has 0 fully saturated rings. The molecule has 1 unspecified atom stereocenters. The summed E-state index contributed by atoms with van der Waals surface area (Å²) in [5.74, 6) is -0.221. The third kappa shape index (κ3) is 3.24. The van der Waals surface area contributed by atoms with Gasteiger partial charge in [-0.1, -0.05) is 12.1 Å². The Hall–Kier alpha value is -1.55. The monoisotopic (exact) mass is 223 g/mol. The van der Waals surface area contributed by atoms with Crippen molar-refractivity contribution in [2.75, 3.05) is 6.61 Å². The van der Waals surface area contributed by atoms with E-state index in [0.717, 1.165) is 11.3 Å². The molecule has 0 amide bonds. The third-order valence-corrected chi connectivity index (χ3v) is 2.29. The van der Waals surface area contributed by atoms with E-state index in [4.69, 9.17) is 15.6 Å². The van der Waals surface area contributed by atoms with E-state index in [-0.39, 0.29) is 0 Å². The summed E-state index contributed by atoms with van der Waals surface area (Å²) in [6, 6.07) is 7.30. The van der Waals surface area contributed by atoms with Crippen LogP contribution in [0.5, 0.6) is 5.75 Å². The molecule has 1 atom stereocenters. The van der Waals surface area contributed by atoms with E-state index in [1.807, 2.05) is 31.2 Å². The van der Waals surface area contributed by atoms with Crippen molar-refractivity contribution in [1.82, 2.24) is 0 Å². The molecule has 0 spiro atoms. The van der Waals surface area contributed by atoms with Crippen LogP contribution in [0.1, 0.15) is 19.4 Å². The molecule has 0 aliphatic heterocycles. The van der Waals surface area contributed by atoms with Crippen LogP contribution >= 0.6 is 0 Å². The van der Waals surface area contributed by atoms with Gasteiger partial charge in [0.05, 0.1) is 6.61 Å². The van der Waals surface area contributed by atoms with E-state index in [0.29, 0.717) is 13.0 Å². The molecule has 0 saturated carbocycles. The van der Waals surface area contributed by atoms with E-state index in [1.54, 1.807) is 0 Å². The lowest BCUT2D eigenvalue weighted by Gasteiger charge is -2.19. The number of benzene rings is 1. The lowest BCUT2D eigenvalue weighted by molar-refractivity contribution is -0.142. The van der Waals surface area contributed by atoms with Crippen LogP contribution in [0.4, 0.5) is 0 Å². The maximum Gasteiger partial charge on any atom is 0.323 e. The van der Waals surface area contributed by atoms with Crippen molar-refractivity contribution >= 4 is 5.97 Å². The largest absolute Gasteiger partial charge is 0.494 e. The first-order chi connectivity index (χ1) is 7.45. The lowest BCUT2D eigenvalue weighted by atomic mass is 9.94. The topological polar surface area (TPSA) is 72.5 Å². The van der Waals surface area contributed by atoms with Gasteiger partial charge in [-0.25, -0.2) is 0 Å². The van der Waals surface area contributed by atoms with Crippen LogP contribution < -0.4 is 10.5 Å². The molecule has 0 aliphatic rings. The van der Waals surface area contributed by atoms with Crippen LogP contribution in [0.25, 0.3) is 0 Å². The van der Waals surface area contributed by atoms with Gasteiger partial charge >= 0.3 is 5.97 Å². The van der Waals surface area contributed by atoms with Gasteiger partial charge in [0, 0.05) is 6.42 Å². The highest BCUT2D eigenvalue weighted by Crippen LogP contribution is 2.16. The number of carboxylic acids is 1. The van der Waals surface area contributed by atoms with Crippen molar-refractivity contribution < 1.29 is 14.6 Å². The van der Waals surface area contributed by atoms with E-state index in [9.17, 15) is 4.79 Å². The number of carbonyl (C=O) groups is 1. The van der Waals surface area contributed by atoms with Crippen LogP contribution in [0, 0.1) is 0 Å². The molecular formula is C12H17NO3. The summed E-state index contributed by atoms with van der Waals surface area (Å²) in [7, 11) is 0. The Morgan fingerprint density at radius 2 is 2.00 bits per heavy atom. The summed E-state index contributed by atoms with van der Waals surface area (Å²) in [4.78, 5) is 10.8. The van der Waals surface area contributed by atoms with Crippen molar-refractivity contribution in [3.05, 3.63) is 29.8 Å². The van der Waals surface area contributed by atoms with Crippen molar-refractivity contribution in [2.45, 2.75) is 25.8 Å². The second-order valence-corrected chi connectivity index (χ2v) is 3.98. The average molecular weight is 223 g/mol. The molecule has 1 rings (SSSR count). The molecule has 3 N–H and O–H groups in total. The molecule has 4 nitrogen and oxygen atoms in total. The number of aliphatic carboxylic acids is 1. The van der Waals surface area contributed by atoms with Gasteiger partial charge < -0.3 is 15.6 Å². The SMILES string of the molecule is CCOc1ccc(CC(C)(N)C(=O)O)cc1. The summed E-state index contributed by atoms with van der Waals surface area (Å²) in [5, 5.41) is 8.89. The molecule has 0 aromatic heterocycles. The number of nitrogens with two attached hydrogens (primary N) is 1. The quantitative estimate of drug-likeness (QED) is 0.792. The predicted molar refractivity (Wildman–Crippen MR) is 61.5 cm³/mol. The summed E-state index contributed by atoms with van der Waals surface area (Å²) >= 11 is 0. The summed E-state index contributed by atoms with van der Waals surface area (Å²) < 4.78 is 5.29. The van der Waals surface area contributed by atoms with Crippen molar-refractivity contribution in [2.24, 2.45) is 5.73 Å². The minimum Gasteiger partial charge on any atom is -0.494 e. The van der Waals surface area contributed by atoms with Gasteiger partial charge in [0.15, 0.2) is 0 Å². The second-order valence-electron chi connectivity index (χ2n) is 3.98. The smallest absolute Gasteiger partial charge is 0.323 e. The molecular weight excluding hydrogens is 206 g/mol. The number of carboxylic acid groups (broad SMARTS) is 1. The zero-order valence-corrected chi connectivity index (χ0v) is 9.56. The minimum atomic E-state index is -1.23. The number of hydrogen-bond acceptors (Lipinski definition) is 3. The Kier molecular flexibility index (Phi) is 3.90. The van der Waals surface area contributed by atoms with Gasteiger partial charge in [0.1, 0.15) is 11.3 Å². The highest BCUT2D eigenvalue weighted by molar-refractivity contribution is 5.78. The average Bonchev–Trinajstić information content (AvgIpc) is 2.21. The fraction of sp³-hybridized carbons (Fsp3) is 0.417. The van der Waals surface area contributed by atoms with Crippen molar-refractivity contribution in [3.8, 4) is 5.75 Å². The van der Waals surface area contributed by atoms with Crippen molar-refractivity contribution in [1.29, 1.82) is 0 Å². The Morgan fingerprint density at radius 3 is 2.44 bits per heavy atom. The molecule has 88 valence electrons. The zero-order chi connectivity index (χ0) is 12.2. The first-order valence-corrected chi connectivity index (χ1v) is 5.19.